The predicted octanol–water partition coefficient (Wildman–Crippen LogP) is 3.38. The zero-order chi connectivity index (χ0) is 15.3. The van der Waals surface area contributed by atoms with Crippen LogP contribution in [0, 0.1) is 0 Å². The van der Waals surface area contributed by atoms with Crippen LogP contribution in [0.4, 0.5) is 0 Å². The molecule has 1 fully saturated rings. The van der Waals surface area contributed by atoms with Crippen molar-refractivity contribution in [2.24, 2.45) is 0 Å². The van der Waals surface area contributed by atoms with E-state index in [4.69, 9.17) is 4.74 Å². The van der Waals surface area contributed by atoms with Crippen LogP contribution in [0.1, 0.15) is 77.6 Å². The molecule has 1 aliphatic rings. The van der Waals surface area contributed by atoms with Crippen LogP contribution in [0.15, 0.2) is 0 Å². The molecule has 0 bridgehead atoms. The number of Topliss-reactive ketones (excluding diaryl/α,β-unsaturated/α-hetero) is 1. The smallest absolute Gasteiger partial charge is 0.227 e. The van der Waals surface area contributed by atoms with E-state index in [1.807, 2.05) is 0 Å². The number of amides is 1. The molecule has 4 heteroatoms. The van der Waals surface area contributed by atoms with Crippen molar-refractivity contribution in [1.82, 2.24) is 5.32 Å². The molecular weight excluding hydrogens is 266 g/mol. The van der Waals surface area contributed by atoms with Crippen LogP contribution in [0.5, 0.6) is 0 Å². The van der Waals surface area contributed by atoms with Gasteiger partial charge in [-0.25, -0.2) is 0 Å². The minimum atomic E-state index is -0.154. The lowest BCUT2D eigenvalue weighted by Crippen LogP contribution is -2.32. The van der Waals surface area contributed by atoms with Gasteiger partial charge in [0.05, 0.1) is 12.5 Å². The summed E-state index contributed by atoms with van der Waals surface area (Å²) in [6, 6.07) is 0. The zero-order valence-electron chi connectivity index (χ0n) is 13.5. The van der Waals surface area contributed by atoms with Crippen LogP contribution < -0.4 is 5.32 Å². The van der Waals surface area contributed by atoms with Gasteiger partial charge in [0.25, 0.3) is 0 Å². The Morgan fingerprint density at radius 2 is 1.81 bits per heavy atom. The van der Waals surface area contributed by atoms with Crippen LogP contribution in [0.3, 0.4) is 0 Å². The summed E-state index contributed by atoms with van der Waals surface area (Å²) >= 11 is 0. The van der Waals surface area contributed by atoms with Gasteiger partial charge in [-0.15, -0.1) is 0 Å². The van der Waals surface area contributed by atoms with Crippen LogP contribution >= 0.6 is 0 Å². The molecular formula is C17H31NO3. The first kappa shape index (κ1) is 18.1. The predicted molar refractivity (Wildman–Crippen MR) is 84.2 cm³/mol. The molecule has 1 rings (SSSR count). The standard InChI is InChI=1S/C17H31NO3/c1-2-3-4-5-6-7-8-10-15(19)13-17(20)18-14-16-11-9-12-21-16/h16H,2-14H2,1H3,(H,18,20). The Morgan fingerprint density at radius 1 is 1.10 bits per heavy atom. The first-order valence-corrected chi connectivity index (χ1v) is 8.62. The van der Waals surface area contributed by atoms with Gasteiger partial charge >= 0.3 is 0 Å². The van der Waals surface area contributed by atoms with E-state index < -0.39 is 0 Å². The number of ketones is 1. The Hall–Kier alpha value is -0.900. The molecule has 0 saturated carbocycles. The van der Waals surface area contributed by atoms with Gasteiger partial charge in [0.1, 0.15) is 5.78 Å². The molecule has 0 aromatic carbocycles. The van der Waals surface area contributed by atoms with Gasteiger partial charge in [0, 0.05) is 19.6 Å². The Kier molecular flexibility index (Phi) is 10.1. The Morgan fingerprint density at radius 3 is 2.48 bits per heavy atom. The monoisotopic (exact) mass is 297 g/mol. The average molecular weight is 297 g/mol. The maximum absolute atomic E-state index is 11.7. The summed E-state index contributed by atoms with van der Waals surface area (Å²) in [6.07, 6.45) is 11.2. The summed E-state index contributed by atoms with van der Waals surface area (Å²) < 4.78 is 5.43. The second-order valence-electron chi connectivity index (χ2n) is 6.03. The van der Waals surface area contributed by atoms with Crippen molar-refractivity contribution in [1.29, 1.82) is 0 Å². The molecule has 1 aliphatic heterocycles. The van der Waals surface area contributed by atoms with E-state index in [-0.39, 0.29) is 24.2 Å². The fourth-order valence-corrected chi connectivity index (χ4v) is 2.64. The van der Waals surface area contributed by atoms with Crippen LogP contribution in [-0.2, 0) is 14.3 Å². The SMILES string of the molecule is CCCCCCCCCC(=O)CC(=O)NCC1CCCO1. The molecule has 1 unspecified atom stereocenters. The van der Waals surface area contributed by atoms with Crippen molar-refractivity contribution in [3.05, 3.63) is 0 Å². The highest BCUT2D eigenvalue weighted by Gasteiger charge is 2.17. The quantitative estimate of drug-likeness (QED) is 0.444. The highest BCUT2D eigenvalue weighted by molar-refractivity contribution is 5.97. The number of hydrogen-bond donors (Lipinski definition) is 1. The summed E-state index contributed by atoms with van der Waals surface area (Å²) in [5.41, 5.74) is 0. The molecule has 0 radical (unpaired) electrons. The van der Waals surface area contributed by atoms with Crippen LogP contribution in [-0.4, -0.2) is 30.9 Å². The normalized spacial score (nSPS) is 17.9. The second-order valence-corrected chi connectivity index (χ2v) is 6.03. The molecule has 4 nitrogen and oxygen atoms in total. The molecule has 1 saturated heterocycles. The lowest BCUT2D eigenvalue weighted by Gasteiger charge is -2.10. The number of unbranched alkanes of at least 4 members (excludes halogenated alkanes) is 6. The molecule has 122 valence electrons. The van der Waals surface area contributed by atoms with Crippen molar-refractivity contribution < 1.29 is 14.3 Å². The van der Waals surface area contributed by atoms with Gasteiger partial charge in [0.2, 0.25) is 5.91 Å². The molecule has 1 amide bonds. The van der Waals surface area contributed by atoms with E-state index in [9.17, 15) is 9.59 Å². The fourth-order valence-electron chi connectivity index (χ4n) is 2.64. The van der Waals surface area contributed by atoms with Crippen molar-refractivity contribution in [2.75, 3.05) is 13.2 Å². The maximum atomic E-state index is 11.7. The average Bonchev–Trinajstić information content (AvgIpc) is 2.97. The third kappa shape index (κ3) is 9.62. The Balaban J connectivity index is 1.93. The van der Waals surface area contributed by atoms with Gasteiger partial charge < -0.3 is 10.1 Å². The number of carbonyl (C=O) groups excluding carboxylic acids is 2. The Bertz CT molecular complexity index is 298. The largest absolute Gasteiger partial charge is 0.376 e. The third-order valence-electron chi connectivity index (χ3n) is 3.97. The van der Waals surface area contributed by atoms with Crippen molar-refractivity contribution in [3.8, 4) is 0 Å². The van der Waals surface area contributed by atoms with E-state index in [0.717, 1.165) is 32.3 Å². The second kappa shape index (κ2) is 11.7. The highest BCUT2D eigenvalue weighted by atomic mass is 16.5. The summed E-state index contributed by atoms with van der Waals surface area (Å²) in [6.45, 7) is 3.55. The van der Waals surface area contributed by atoms with E-state index in [2.05, 4.69) is 12.2 Å². The van der Waals surface area contributed by atoms with Gasteiger partial charge in [-0.1, -0.05) is 45.4 Å². The molecule has 0 aromatic rings. The number of hydrogen-bond acceptors (Lipinski definition) is 3. The van der Waals surface area contributed by atoms with Crippen molar-refractivity contribution in [3.63, 3.8) is 0 Å². The zero-order valence-corrected chi connectivity index (χ0v) is 13.5. The van der Waals surface area contributed by atoms with E-state index >= 15 is 0 Å². The van der Waals surface area contributed by atoms with Crippen LogP contribution in [0.25, 0.3) is 0 Å². The highest BCUT2D eigenvalue weighted by Crippen LogP contribution is 2.11. The van der Waals surface area contributed by atoms with Crippen molar-refractivity contribution >= 4 is 11.7 Å². The molecule has 0 spiro atoms. The molecule has 1 heterocycles. The molecule has 1 atom stereocenters. The topological polar surface area (TPSA) is 55.4 Å². The first-order chi connectivity index (χ1) is 10.2. The number of rotatable bonds is 12. The van der Waals surface area contributed by atoms with E-state index in [1.54, 1.807) is 0 Å². The molecule has 0 aromatic heterocycles. The summed E-state index contributed by atoms with van der Waals surface area (Å²) in [5, 5.41) is 2.80. The third-order valence-corrected chi connectivity index (χ3v) is 3.97. The van der Waals surface area contributed by atoms with Gasteiger partial charge in [-0.05, 0) is 19.3 Å². The van der Waals surface area contributed by atoms with Gasteiger partial charge in [-0.2, -0.15) is 0 Å². The fraction of sp³-hybridized carbons (Fsp3) is 0.882. The number of ether oxygens (including phenoxy) is 1. The minimum absolute atomic E-state index is 0.0303. The summed E-state index contributed by atoms with van der Waals surface area (Å²) in [7, 11) is 0. The summed E-state index contributed by atoms with van der Waals surface area (Å²) in [4.78, 5) is 23.3. The Labute approximate surface area is 129 Å². The maximum Gasteiger partial charge on any atom is 0.227 e. The molecule has 1 N–H and O–H groups in total. The van der Waals surface area contributed by atoms with Crippen LogP contribution in [0.2, 0.25) is 0 Å². The number of nitrogens with one attached hydrogen (secondary N) is 1. The number of carbonyl (C=O) groups is 2. The molecule has 0 aliphatic carbocycles. The van der Waals surface area contributed by atoms with Gasteiger partial charge in [-0.3, -0.25) is 9.59 Å². The van der Waals surface area contributed by atoms with Crippen molar-refractivity contribution in [2.45, 2.75) is 83.7 Å². The minimum Gasteiger partial charge on any atom is -0.376 e. The van der Waals surface area contributed by atoms with Gasteiger partial charge in [0.15, 0.2) is 0 Å². The summed E-state index contributed by atoms with van der Waals surface area (Å²) in [5.74, 6) is -0.0909. The lowest BCUT2D eigenvalue weighted by molar-refractivity contribution is -0.128. The van der Waals surface area contributed by atoms with E-state index in [1.165, 1.54) is 32.1 Å². The lowest BCUT2D eigenvalue weighted by atomic mass is 10.1. The first-order valence-electron chi connectivity index (χ1n) is 8.62. The molecule has 21 heavy (non-hydrogen) atoms. The van der Waals surface area contributed by atoms with E-state index in [0.29, 0.717) is 13.0 Å².